The molecule has 0 aliphatic heterocycles. The van der Waals surface area contributed by atoms with Crippen LogP contribution in [0.25, 0.3) is 0 Å². The summed E-state index contributed by atoms with van der Waals surface area (Å²) in [7, 11) is 0. The van der Waals surface area contributed by atoms with E-state index in [2.05, 4.69) is 25.7 Å². The fourth-order valence-corrected chi connectivity index (χ4v) is 1.45. The fourth-order valence-electron chi connectivity index (χ4n) is 1.45. The minimum Gasteiger partial charge on any atom is -0.335 e. The summed E-state index contributed by atoms with van der Waals surface area (Å²) in [6.45, 7) is 10.8. The van der Waals surface area contributed by atoms with Gasteiger partial charge in [-0.1, -0.05) is 46.1 Å². The fraction of sp³-hybridized carbons (Fsp3) is 0.800. The summed E-state index contributed by atoms with van der Waals surface area (Å²) in [5, 5.41) is 2.69. The van der Waals surface area contributed by atoms with E-state index in [0.29, 0.717) is 18.8 Å². The van der Waals surface area contributed by atoms with Gasteiger partial charge in [-0.15, -0.1) is 0 Å². The molecule has 0 heterocycles. The lowest BCUT2D eigenvalue weighted by Crippen LogP contribution is -2.39. The molecular formula is C15H29NO3. The minimum absolute atomic E-state index is 0.226. The van der Waals surface area contributed by atoms with Crippen molar-refractivity contribution < 1.29 is 14.3 Å². The molecule has 0 atom stereocenters. The molecule has 0 aliphatic rings. The Kier molecular flexibility index (Phi) is 11.6. The van der Waals surface area contributed by atoms with Crippen LogP contribution in [0.3, 0.4) is 0 Å². The first-order chi connectivity index (χ1) is 9.11. The second-order valence-electron chi connectivity index (χ2n) is 4.74. The van der Waals surface area contributed by atoms with Crippen LogP contribution in [0.4, 0.5) is 0 Å². The average Bonchev–Trinajstić information content (AvgIpc) is 2.38. The highest BCUT2D eigenvalue weighted by atomic mass is 16.7. The Morgan fingerprint density at radius 3 is 1.89 bits per heavy atom. The molecule has 4 heteroatoms. The van der Waals surface area contributed by atoms with Crippen LogP contribution < -0.4 is 5.32 Å². The summed E-state index contributed by atoms with van der Waals surface area (Å²) >= 11 is 0. The molecule has 0 rings (SSSR count). The van der Waals surface area contributed by atoms with Crippen molar-refractivity contribution in [3.8, 4) is 0 Å². The van der Waals surface area contributed by atoms with Gasteiger partial charge in [-0.25, -0.2) is 0 Å². The molecule has 0 saturated carbocycles. The van der Waals surface area contributed by atoms with Crippen LogP contribution in [0, 0.1) is 0 Å². The third kappa shape index (κ3) is 10.7. The van der Waals surface area contributed by atoms with Crippen LogP contribution in [-0.2, 0) is 14.3 Å². The van der Waals surface area contributed by atoms with Gasteiger partial charge in [0.1, 0.15) is 0 Å². The summed E-state index contributed by atoms with van der Waals surface area (Å²) in [6, 6.07) is 0. The quantitative estimate of drug-likeness (QED) is 0.336. The highest BCUT2D eigenvalue weighted by molar-refractivity contribution is 5.92. The van der Waals surface area contributed by atoms with Gasteiger partial charge < -0.3 is 14.8 Å². The molecule has 0 spiro atoms. The first-order valence-electron chi connectivity index (χ1n) is 7.31. The maximum absolute atomic E-state index is 11.6. The zero-order valence-corrected chi connectivity index (χ0v) is 12.7. The first kappa shape index (κ1) is 18.1. The van der Waals surface area contributed by atoms with Gasteiger partial charge in [-0.2, -0.15) is 0 Å². The second-order valence-corrected chi connectivity index (χ2v) is 4.74. The highest BCUT2D eigenvalue weighted by Gasteiger charge is 2.13. The van der Waals surface area contributed by atoms with Gasteiger partial charge in [-0.3, -0.25) is 4.79 Å². The molecule has 112 valence electrons. The third-order valence-electron chi connectivity index (χ3n) is 2.67. The molecule has 4 nitrogen and oxygen atoms in total. The van der Waals surface area contributed by atoms with Crippen molar-refractivity contribution in [3.05, 3.63) is 12.2 Å². The first-order valence-corrected chi connectivity index (χ1v) is 7.31. The Hall–Kier alpha value is -0.870. The zero-order valence-electron chi connectivity index (χ0n) is 12.7. The van der Waals surface area contributed by atoms with E-state index in [-0.39, 0.29) is 5.91 Å². The lowest BCUT2D eigenvalue weighted by molar-refractivity contribution is -0.168. The summed E-state index contributed by atoms with van der Waals surface area (Å²) in [5.41, 5.74) is 0.458. The molecule has 19 heavy (non-hydrogen) atoms. The smallest absolute Gasteiger partial charge is 0.250 e. The van der Waals surface area contributed by atoms with E-state index in [1.807, 2.05) is 0 Å². The van der Waals surface area contributed by atoms with Crippen molar-refractivity contribution in [3.63, 3.8) is 0 Å². The molecule has 0 fully saturated rings. The van der Waals surface area contributed by atoms with E-state index in [9.17, 15) is 4.79 Å². The van der Waals surface area contributed by atoms with Gasteiger partial charge in [0, 0.05) is 5.57 Å². The van der Waals surface area contributed by atoms with Crippen molar-refractivity contribution in [1.82, 2.24) is 5.32 Å². The number of carbonyl (C=O) groups excluding carboxylic acids is 1. The lowest BCUT2D eigenvalue weighted by atomic mass is 10.3. The summed E-state index contributed by atoms with van der Waals surface area (Å²) in [6.07, 6.45) is 5.83. The number of ether oxygens (including phenoxy) is 2. The topological polar surface area (TPSA) is 47.6 Å². The van der Waals surface area contributed by atoms with Gasteiger partial charge in [0.15, 0.2) is 0 Å². The normalized spacial score (nSPS) is 10.7. The Morgan fingerprint density at radius 2 is 1.53 bits per heavy atom. The molecule has 0 radical (unpaired) electrons. The summed E-state index contributed by atoms with van der Waals surface area (Å²) < 4.78 is 11.1. The van der Waals surface area contributed by atoms with Gasteiger partial charge in [0.2, 0.25) is 12.3 Å². The predicted molar refractivity (Wildman–Crippen MR) is 77.7 cm³/mol. The SMILES string of the molecule is C=C(C)C(=O)NC(OCCCCC)OCCCCC. The standard InChI is InChI=1S/C15H29NO3/c1-5-7-9-11-18-15(16-14(17)13(3)4)19-12-10-8-6-2/h15H,3,5-12H2,1-2,4H3,(H,16,17). The van der Waals surface area contributed by atoms with Gasteiger partial charge in [0.05, 0.1) is 13.2 Å². The lowest BCUT2D eigenvalue weighted by Gasteiger charge is -2.19. The molecule has 0 aromatic heterocycles. The number of carbonyl (C=O) groups is 1. The summed E-state index contributed by atoms with van der Waals surface area (Å²) in [4.78, 5) is 11.6. The number of hydrogen-bond acceptors (Lipinski definition) is 3. The van der Waals surface area contributed by atoms with Gasteiger partial charge in [0.25, 0.3) is 0 Å². The number of nitrogens with one attached hydrogen (secondary N) is 1. The molecule has 1 N–H and O–H groups in total. The van der Waals surface area contributed by atoms with Crippen molar-refractivity contribution in [1.29, 1.82) is 0 Å². The van der Waals surface area contributed by atoms with Crippen LogP contribution >= 0.6 is 0 Å². The van der Waals surface area contributed by atoms with Crippen molar-refractivity contribution in [2.24, 2.45) is 0 Å². The van der Waals surface area contributed by atoms with Crippen molar-refractivity contribution in [2.75, 3.05) is 13.2 Å². The van der Waals surface area contributed by atoms with Gasteiger partial charge >= 0.3 is 0 Å². The summed E-state index contributed by atoms with van der Waals surface area (Å²) in [5.74, 6) is -0.226. The monoisotopic (exact) mass is 271 g/mol. The molecule has 0 aliphatic carbocycles. The molecule has 0 bridgehead atoms. The number of hydrogen-bond donors (Lipinski definition) is 1. The maximum Gasteiger partial charge on any atom is 0.250 e. The van der Waals surface area contributed by atoms with Crippen LogP contribution in [0.1, 0.15) is 59.3 Å². The second kappa shape index (κ2) is 12.2. The van der Waals surface area contributed by atoms with E-state index in [1.165, 1.54) is 0 Å². The highest BCUT2D eigenvalue weighted by Crippen LogP contribution is 2.02. The van der Waals surface area contributed by atoms with Crippen molar-refractivity contribution in [2.45, 2.75) is 65.7 Å². The molecule has 0 unspecified atom stereocenters. The van der Waals surface area contributed by atoms with E-state index in [4.69, 9.17) is 9.47 Å². The Bertz CT molecular complexity index is 242. The maximum atomic E-state index is 11.6. The number of amides is 1. The Morgan fingerprint density at radius 1 is 1.05 bits per heavy atom. The molecule has 0 aromatic rings. The molecule has 1 amide bonds. The van der Waals surface area contributed by atoms with Crippen LogP contribution in [0.2, 0.25) is 0 Å². The molecule has 0 aromatic carbocycles. The van der Waals surface area contributed by atoms with E-state index in [0.717, 1.165) is 38.5 Å². The van der Waals surface area contributed by atoms with Gasteiger partial charge in [-0.05, 0) is 19.8 Å². The van der Waals surface area contributed by atoms with E-state index >= 15 is 0 Å². The Balaban J connectivity index is 3.99. The molecule has 0 saturated heterocycles. The average molecular weight is 271 g/mol. The minimum atomic E-state index is -0.655. The van der Waals surface area contributed by atoms with E-state index in [1.54, 1.807) is 6.92 Å². The number of unbranched alkanes of at least 4 members (excludes halogenated alkanes) is 4. The van der Waals surface area contributed by atoms with E-state index < -0.39 is 6.41 Å². The van der Waals surface area contributed by atoms with Crippen LogP contribution in [0.15, 0.2) is 12.2 Å². The largest absolute Gasteiger partial charge is 0.335 e. The third-order valence-corrected chi connectivity index (χ3v) is 2.67. The van der Waals surface area contributed by atoms with Crippen LogP contribution in [-0.4, -0.2) is 25.5 Å². The molecular weight excluding hydrogens is 242 g/mol. The van der Waals surface area contributed by atoms with Crippen LogP contribution in [0.5, 0.6) is 0 Å². The Labute approximate surface area is 117 Å². The predicted octanol–water partition coefficient (Wildman–Crippen LogP) is 3.38. The number of rotatable bonds is 12. The zero-order chi connectivity index (χ0) is 14.5. The van der Waals surface area contributed by atoms with Crippen molar-refractivity contribution >= 4 is 5.91 Å².